The van der Waals surface area contributed by atoms with Crippen LogP contribution in [0.2, 0.25) is 0 Å². The number of rotatable bonds is 1. The predicted octanol–water partition coefficient (Wildman–Crippen LogP) is 2.25. The maximum Gasteiger partial charge on any atom is 0.0838 e. The van der Waals surface area contributed by atoms with Gasteiger partial charge in [0.15, 0.2) is 0 Å². The van der Waals surface area contributed by atoms with Crippen LogP contribution in [0.15, 0.2) is 12.4 Å². The van der Waals surface area contributed by atoms with Crippen molar-refractivity contribution >= 4 is 15.9 Å². The van der Waals surface area contributed by atoms with Gasteiger partial charge in [-0.1, -0.05) is 15.9 Å². The smallest absolute Gasteiger partial charge is 0.0838 e. The first-order valence-electron chi connectivity index (χ1n) is 1.68. The lowest BCUT2D eigenvalue weighted by atomic mass is 10.5. The molecule has 0 aliphatic carbocycles. The van der Waals surface area contributed by atoms with Crippen LogP contribution >= 0.6 is 15.9 Å². The van der Waals surface area contributed by atoms with E-state index in [4.69, 9.17) is 0 Å². The molecule has 0 aliphatic heterocycles. The number of halogens is 2. The van der Waals surface area contributed by atoms with E-state index >= 15 is 0 Å². The summed E-state index contributed by atoms with van der Waals surface area (Å²) in [5, 5.41) is 0. The van der Waals surface area contributed by atoms with E-state index in [1.165, 1.54) is 6.08 Å². The Labute approximate surface area is 45.2 Å². The van der Waals surface area contributed by atoms with Gasteiger partial charge in [-0.25, -0.2) is 4.39 Å². The summed E-state index contributed by atoms with van der Waals surface area (Å²) in [7, 11) is 0. The minimum atomic E-state index is 0.155. The average Bonchev–Trinajstić information content (AvgIpc) is 1.35. The topological polar surface area (TPSA) is 0 Å². The zero-order valence-corrected chi connectivity index (χ0v) is 5.07. The Balaban J connectivity index is 3.03. The Morgan fingerprint density at radius 2 is 2.33 bits per heavy atom. The van der Waals surface area contributed by atoms with Crippen LogP contribution in [-0.2, 0) is 0 Å². The first-order valence-corrected chi connectivity index (χ1v) is 2.60. The normalized spacial score (nSPS) is 15.8. The van der Waals surface area contributed by atoms with Gasteiger partial charge in [-0.2, -0.15) is 0 Å². The molecule has 36 valence electrons. The molecule has 0 N–H and O–H groups in total. The lowest BCUT2D eigenvalue weighted by Crippen LogP contribution is -1.75. The molecule has 0 heterocycles. The highest BCUT2D eigenvalue weighted by Crippen LogP contribution is 1.97. The maximum atomic E-state index is 11.0. The first-order chi connectivity index (χ1) is 2.77. The van der Waals surface area contributed by atoms with E-state index in [1.807, 2.05) is 6.92 Å². The average molecular weight is 153 g/mol. The predicted molar refractivity (Wildman–Crippen MR) is 28.6 cm³/mol. The van der Waals surface area contributed by atoms with Crippen molar-refractivity contribution < 1.29 is 4.39 Å². The zero-order valence-electron chi connectivity index (χ0n) is 3.49. The second-order valence-electron chi connectivity index (χ2n) is 0.996. The molecule has 0 bridgehead atoms. The van der Waals surface area contributed by atoms with E-state index in [-0.39, 0.29) is 4.83 Å². The summed E-state index contributed by atoms with van der Waals surface area (Å²) in [5.74, 6) is 0. The third-order valence-corrected chi connectivity index (χ3v) is 0.643. The second kappa shape index (κ2) is 3.34. The summed E-state index contributed by atoms with van der Waals surface area (Å²) in [5.41, 5.74) is 0. The molecule has 0 aromatic heterocycles. The Morgan fingerprint density at radius 1 is 1.83 bits per heavy atom. The SMILES string of the molecule is CC(Br)/C=C/F. The third kappa shape index (κ3) is 4.15. The van der Waals surface area contributed by atoms with Crippen LogP contribution in [0.5, 0.6) is 0 Å². The summed E-state index contributed by atoms with van der Waals surface area (Å²) in [6, 6.07) is 0. The van der Waals surface area contributed by atoms with Gasteiger partial charge in [0.2, 0.25) is 0 Å². The van der Waals surface area contributed by atoms with Crippen LogP contribution in [0, 0.1) is 0 Å². The van der Waals surface area contributed by atoms with Crippen molar-refractivity contribution in [1.82, 2.24) is 0 Å². The fourth-order valence-electron chi connectivity index (χ4n) is 0.100. The van der Waals surface area contributed by atoms with Gasteiger partial charge in [0.05, 0.1) is 6.33 Å². The second-order valence-corrected chi connectivity index (χ2v) is 2.44. The van der Waals surface area contributed by atoms with Crippen molar-refractivity contribution in [3.63, 3.8) is 0 Å². The van der Waals surface area contributed by atoms with Crippen LogP contribution in [0.25, 0.3) is 0 Å². The monoisotopic (exact) mass is 152 g/mol. The van der Waals surface area contributed by atoms with Crippen molar-refractivity contribution in [2.24, 2.45) is 0 Å². The van der Waals surface area contributed by atoms with Gasteiger partial charge in [0, 0.05) is 4.83 Å². The van der Waals surface area contributed by atoms with Gasteiger partial charge in [-0.3, -0.25) is 0 Å². The van der Waals surface area contributed by atoms with E-state index in [1.54, 1.807) is 0 Å². The van der Waals surface area contributed by atoms with Gasteiger partial charge in [0.1, 0.15) is 0 Å². The standard InChI is InChI=1S/C4H6BrF/c1-4(5)2-3-6/h2-4H,1H3/b3-2+. The van der Waals surface area contributed by atoms with E-state index in [9.17, 15) is 4.39 Å². The van der Waals surface area contributed by atoms with Crippen molar-refractivity contribution in [3.8, 4) is 0 Å². The van der Waals surface area contributed by atoms with E-state index < -0.39 is 0 Å². The van der Waals surface area contributed by atoms with Crippen LogP contribution < -0.4 is 0 Å². The maximum absolute atomic E-state index is 11.0. The van der Waals surface area contributed by atoms with E-state index in [0.29, 0.717) is 6.33 Å². The summed E-state index contributed by atoms with van der Waals surface area (Å²) in [6.45, 7) is 1.84. The summed E-state index contributed by atoms with van der Waals surface area (Å²) in [6.07, 6.45) is 1.94. The van der Waals surface area contributed by atoms with Crippen molar-refractivity contribution in [1.29, 1.82) is 0 Å². The minimum Gasteiger partial charge on any atom is -0.216 e. The van der Waals surface area contributed by atoms with Gasteiger partial charge in [0.25, 0.3) is 0 Å². The molecule has 0 saturated heterocycles. The largest absolute Gasteiger partial charge is 0.216 e. The van der Waals surface area contributed by atoms with Crippen molar-refractivity contribution in [2.45, 2.75) is 11.8 Å². The number of hydrogen-bond acceptors (Lipinski definition) is 0. The fraction of sp³-hybridized carbons (Fsp3) is 0.500. The van der Waals surface area contributed by atoms with Gasteiger partial charge in [-0.05, 0) is 13.0 Å². The molecule has 0 aromatic carbocycles. The number of allylic oxidation sites excluding steroid dienone is 1. The van der Waals surface area contributed by atoms with Crippen LogP contribution in [0.4, 0.5) is 4.39 Å². The first kappa shape index (κ1) is 6.15. The van der Waals surface area contributed by atoms with Gasteiger partial charge >= 0.3 is 0 Å². The minimum absolute atomic E-state index is 0.155. The van der Waals surface area contributed by atoms with Crippen LogP contribution in [0.1, 0.15) is 6.92 Å². The molecule has 0 aromatic rings. The molecule has 0 saturated carbocycles. The molecule has 0 nitrogen and oxygen atoms in total. The Bertz CT molecular complexity index is 49.5. The summed E-state index contributed by atoms with van der Waals surface area (Å²) < 4.78 is 11.0. The van der Waals surface area contributed by atoms with Gasteiger partial charge in [-0.15, -0.1) is 0 Å². The summed E-state index contributed by atoms with van der Waals surface area (Å²) >= 11 is 3.11. The lowest BCUT2D eigenvalue weighted by molar-refractivity contribution is 0.716. The molecule has 2 heteroatoms. The molecule has 0 amide bonds. The lowest BCUT2D eigenvalue weighted by Gasteiger charge is -1.82. The Morgan fingerprint density at radius 3 is 2.33 bits per heavy atom. The molecule has 1 atom stereocenters. The molecule has 0 spiro atoms. The zero-order chi connectivity index (χ0) is 4.99. The number of alkyl halides is 1. The van der Waals surface area contributed by atoms with E-state index in [2.05, 4.69) is 15.9 Å². The molecule has 0 fully saturated rings. The highest BCUT2D eigenvalue weighted by atomic mass is 79.9. The van der Waals surface area contributed by atoms with Crippen molar-refractivity contribution in [2.75, 3.05) is 0 Å². The van der Waals surface area contributed by atoms with Crippen LogP contribution in [-0.4, -0.2) is 4.83 Å². The van der Waals surface area contributed by atoms with Gasteiger partial charge < -0.3 is 0 Å². The molecule has 0 radical (unpaired) electrons. The molecule has 1 unspecified atom stereocenters. The highest BCUT2D eigenvalue weighted by Gasteiger charge is 1.80. The summed E-state index contributed by atoms with van der Waals surface area (Å²) in [4.78, 5) is 0.155. The molecule has 0 rings (SSSR count). The molecule has 6 heavy (non-hydrogen) atoms. The third-order valence-electron chi connectivity index (χ3n) is 0.338. The highest BCUT2D eigenvalue weighted by molar-refractivity contribution is 9.09. The molecule has 0 aliphatic rings. The van der Waals surface area contributed by atoms with Crippen molar-refractivity contribution in [3.05, 3.63) is 12.4 Å². The Kier molecular flexibility index (Phi) is 3.43. The fourth-order valence-corrected chi connectivity index (χ4v) is 0.216. The quantitative estimate of drug-likeness (QED) is 0.506. The Hall–Kier alpha value is 0.150. The number of hydrogen-bond donors (Lipinski definition) is 0. The van der Waals surface area contributed by atoms with E-state index in [0.717, 1.165) is 0 Å². The van der Waals surface area contributed by atoms with Crippen LogP contribution in [0.3, 0.4) is 0 Å². The molecular weight excluding hydrogens is 147 g/mol. The molecular formula is C4H6BrF.